The number of benzene rings is 3. The standard InChI is InChI=1S/C29H32N4O3/c30-25-20-31-26-19-28(36-14-4-11-33-12-15-35-16-13-33)27(34)18-24(26)29(25)32-23-9-7-22(8-10-23)17-21-5-2-1-3-6-21/h1-3,5-10,18-20,34H,4,11-17,30H2,(H,31,32). The van der Waals surface area contributed by atoms with Gasteiger partial charge in [0.05, 0.1) is 42.9 Å². The SMILES string of the molecule is Nc1cnc2cc(OCCCN3CCOCC3)c(O)cc2c1Nc1ccc(Cc2ccccc2)cc1. The van der Waals surface area contributed by atoms with E-state index in [1.165, 1.54) is 11.1 Å². The number of ether oxygens (including phenoxy) is 2. The van der Waals surface area contributed by atoms with Gasteiger partial charge in [0.15, 0.2) is 11.5 Å². The van der Waals surface area contributed by atoms with Crippen LogP contribution in [0.1, 0.15) is 17.5 Å². The molecule has 186 valence electrons. The fourth-order valence-corrected chi connectivity index (χ4v) is 4.46. The molecule has 0 unspecified atom stereocenters. The average Bonchev–Trinajstić information content (AvgIpc) is 2.91. The van der Waals surface area contributed by atoms with Crippen molar-refractivity contribution < 1.29 is 14.6 Å². The second kappa shape index (κ2) is 11.3. The zero-order valence-electron chi connectivity index (χ0n) is 20.3. The van der Waals surface area contributed by atoms with Gasteiger partial charge in [-0.15, -0.1) is 0 Å². The molecular weight excluding hydrogens is 452 g/mol. The third-order valence-corrected chi connectivity index (χ3v) is 6.43. The molecule has 1 aromatic heterocycles. The Morgan fingerprint density at radius 2 is 1.75 bits per heavy atom. The van der Waals surface area contributed by atoms with E-state index < -0.39 is 0 Å². The van der Waals surface area contributed by atoms with Crippen molar-refractivity contribution in [2.24, 2.45) is 0 Å². The van der Waals surface area contributed by atoms with Gasteiger partial charge in [-0.3, -0.25) is 9.88 Å². The van der Waals surface area contributed by atoms with Gasteiger partial charge in [-0.05, 0) is 42.2 Å². The lowest BCUT2D eigenvalue weighted by Gasteiger charge is -2.26. The molecule has 0 aliphatic carbocycles. The van der Waals surface area contributed by atoms with E-state index in [1.807, 2.05) is 18.2 Å². The van der Waals surface area contributed by atoms with E-state index in [0.717, 1.165) is 56.8 Å². The lowest BCUT2D eigenvalue weighted by Crippen LogP contribution is -2.37. The quantitative estimate of drug-likeness (QED) is 0.289. The van der Waals surface area contributed by atoms with Gasteiger partial charge < -0.3 is 25.6 Å². The number of rotatable bonds is 9. The van der Waals surface area contributed by atoms with E-state index in [1.54, 1.807) is 18.3 Å². The number of hydrogen-bond donors (Lipinski definition) is 3. The number of hydrogen-bond acceptors (Lipinski definition) is 7. The summed E-state index contributed by atoms with van der Waals surface area (Å²) in [4.78, 5) is 6.83. The molecule has 0 bridgehead atoms. The minimum atomic E-state index is 0.0718. The van der Waals surface area contributed by atoms with Crippen LogP contribution in [0.5, 0.6) is 11.5 Å². The summed E-state index contributed by atoms with van der Waals surface area (Å²) in [6, 6.07) is 22.1. The summed E-state index contributed by atoms with van der Waals surface area (Å²) < 4.78 is 11.3. The monoisotopic (exact) mass is 484 g/mol. The fraction of sp³-hybridized carbons (Fsp3) is 0.276. The number of nitrogen functional groups attached to an aromatic ring is 1. The number of fused-ring (bicyclic) bond motifs is 1. The van der Waals surface area contributed by atoms with Crippen molar-refractivity contribution in [1.82, 2.24) is 9.88 Å². The van der Waals surface area contributed by atoms with Gasteiger partial charge in [0.1, 0.15) is 0 Å². The number of phenols is 1. The Morgan fingerprint density at radius 3 is 2.53 bits per heavy atom. The Labute approximate surface area is 211 Å². The number of anilines is 3. The van der Waals surface area contributed by atoms with Gasteiger partial charge in [-0.2, -0.15) is 0 Å². The predicted molar refractivity (Wildman–Crippen MR) is 144 cm³/mol. The van der Waals surface area contributed by atoms with Gasteiger partial charge in [-0.25, -0.2) is 0 Å². The molecular formula is C29H32N4O3. The molecule has 5 rings (SSSR count). The van der Waals surface area contributed by atoms with Gasteiger partial charge in [0.2, 0.25) is 0 Å². The first kappa shape index (κ1) is 23.9. The molecule has 0 spiro atoms. The van der Waals surface area contributed by atoms with Crippen molar-refractivity contribution in [3.8, 4) is 11.5 Å². The molecule has 4 aromatic rings. The maximum atomic E-state index is 10.7. The molecule has 0 atom stereocenters. The predicted octanol–water partition coefficient (Wildman–Crippen LogP) is 4.96. The number of aromatic hydroxyl groups is 1. The molecule has 0 radical (unpaired) electrons. The molecule has 2 heterocycles. The van der Waals surface area contributed by atoms with Gasteiger partial charge >= 0.3 is 0 Å². The normalized spacial score (nSPS) is 14.1. The molecule has 1 saturated heterocycles. The third-order valence-electron chi connectivity index (χ3n) is 6.43. The maximum Gasteiger partial charge on any atom is 0.163 e. The fourth-order valence-electron chi connectivity index (χ4n) is 4.46. The molecule has 36 heavy (non-hydrogen) atoms. The van der Waals surface area contributed by atoms with E-state index in [-0.39, 0.29) is 5.75 Å². The number of nitrogens with zero attached hydrogens (tertiary/aromatic N) is 2. The van der Waals surface area contributed by atoms with E-state index in [0.29, 0.717) is 29.2 Å². The number of phenolic OH excluding ortho intramolecular Hbond substituents is 1. The van der Waals surface area contributed by atoms with Crippen LogP contribution < -0.4 is 15.8 Å². The summed E-state index contributed by atoms with van der Waals surface area (Å²) in [7, 11) is 0. The van der Waals surface area contributed by atoms with Crippen molar-refractivity contribution in [2.45, 2.75) is 12.8 Å². The highest BCUT2D eigenvalue weighted by Gasteiger charge is 2.14. The van der Waals surface area contributed by atoms with Crippen LogP contribution in [0.15, 0.2) is 72.9 Å². The Kier molecular flexibility index (Phi) is 7.50. The van der Waals surface area contributed by atoms with E-state index >= 15 is 0 Å². The van der Waals surface area contributed by atoms with Crippen LogP contribution in [0.3, 0.4) is 0 Å². The first-order chi connectivity index (χ1) is 17.7. The first-order valence-electron chi connectivity index (χ1n) is 12.4. The zero-order valence-corrected chi connectivity index (χ0v) is 20.3. The zero-order chi connectivity index (χ0) is 24.7. The summed E-state index contributed by atoms with van der Waals surface area (Å²) in [6.07, 6.45) is 3.39. The van der Waals surface area contributed by atoms with E-state index in [9.17, 15) is 5.11 Å². The van der Waals surface area contributed by atoms with Crippen LogP contribution in [-0.2, 0) is 11.2 Å². The summed E-state index contributed by atoms with van der Waals surface area (Å²) >= 11 is 0. The van der Waals surface area contributed by atoms with Crippen LogP contribution in [-0.4, -0.2) is 54.4 Å². The summed E-state index contributed by atoms with van der Waals surface area (Å²) in [5.41, 5.74) is 11.6. The number of pyridine rings is 1. The van der Waals surface area contributed by atoms with Crippen molar-refractivity contribution in [3.63, 3.8) is 0 Å². The minimum Gasteiger partial charge on any atom is -0.504 e. The second-order valence-electron chi connectivity index (χ2n) is 9.07. The molecule has 3 aromatic carbocycles. The number of nitrogens with two attached hydrogens (primary N) is 1. The highest BCUT2D eigenvalue weighted by molar-refractivity contribution is 6.00. The molecule has 0 amide bonds. The second-order valence-corrected chi connectivity index (χ2v) is 9.07. The lowest BCUT2D eigenvalue weighted by molar-refractivity contribution is 0.0357. The van der Waals surface area contributed by atoms with Crippen molar-refractivity contribution >= 4 is 28.0 Å². The van der Waals surface area contributed by atoms with Crippen LogP contribution in [0.4, 0.5) is 17.1 Å². The largest absolute Gasteiger partial charge is 0.504 e. The van der Waals surface area contributed by atoms with E-state index in [4.69, 9.17) is 15.2 Å². The molecule has 1 aliphatic heterocycles. The van der Waals surface area contributed by atoms with Gasteiger partial charge in [0.25, 0.3) is 0 Å². The van der Waals surface area contributed by atoms with Crippen LogP contribution in [0.2, 0.25) is 0 Å². The molecule has 0 saturated carbocycles. The Bertz CT molecular complexity index is 1290. The van der Waals surface area contributed by atoms with Gasteiger partial charge in [0, 0.05) is 36.8 Å². The number of morpholine rings is 1. The smallest absolute Gasteiger partial charge is 0.163 e. The average molecular weight is 485 g/mol. The Hall–Kier alpha value is -3.81. The highest BCUT2D eigenvalue weighted by Crippen LogP contribution is 2.37. The first-order valence-corrected chi connectivity index (χ1v) is 12.4. The van der Waals surface area contributed by atoms with Crippen LogP contribution in [0, 0.1) is 0 Å². The minimum absolute atomic E-state index is 0.0718. The van der Waals surface area contributed by atoms with Crippen molar-refractivity contribution in [1.29, 1.82) is 0 Å². The molecule has 4 N–H and O–H groups in total. The number of nitrogens with one attached hydrogen (secondary N) is 1. The molecule has 1 fully saturated rings. The van der Waals surface area contributed by atoms with Crippen LogP contribution in [0.25, 0.3) is 10.9 Å². The lowest BCUT2D eigenvalue weighted by atomic mass is 10.0. The molecule has 1 aliphatic rings. The topological polar surface area (TPSA) is 92.9 Å². The van der Waals surface area contributed by atoms with Gasteiger partial charge in [-0.1, -0.05) is 42.5 Å². The molecule has 7 heteroatoms. The summed E-state index contributed by atoms with van der Waals surface area (Å²) in [5, 5.41) is 14.8. The Morgan fingerprint density at radius 1 is 1.00 bits per heavy atom. The highest BCUT2D eigenvalue weighted by atomic mass is 16.5. The summed E-state index contributed by atoms with van der Waals surface area (Å²) in [5.74, 6) is 0.500. The molecule has 7 nitrogen and oxygen atoms in total. The Balaban J connectivity index is 1.26. The third kappa shape index (κ3) is 5.87. The van der Waals surface area contributed by atoms with Crippen molar-refractivity contribution in [2.75, 3.05) is 50.5 Å². The maximum absolute atomic E-state index is 10.7. The van der Waals surface area contributed by atoms with E-state index in [2.05, 4.69) is 51.6 Å². The number of aromatic nitrogens is 1. The van der Waals surface area contributed by atoms with Crippen molar-refractivity contribution in [3.05, 3.63) is 84.1 Å². The van der Waals surface area contributed by atoms with Crippen LogP contribution >= 0.6 is 0 Å². The summed E-state index contributed by atoms with van der Waals surface area (Å²) in [6.45, 7) is 4.96.